The molecule has 0 aromatic heterocycles. The van der Waals surface area contributed by atoms with E-state index in [9.17, 15) is 14.4 Å². The second kappa shape index (κ2) is 6.16. The van der Waals surface area contributed by atoms with Gasteiger partial charge < -0.3 is 5.32 Å². The zero-order chi connectivity index (χ0) is 16.6. The molecule has 0 unspecified atom stereocenters. The fourth-order valence-electron chi connectivity index (χ4n) is 3.04. The topological polar surface area (TPSA) is 66.5 Å². The summed E-state index contributed by atoms with van der Waals surface area (Å²) >= 11 is 6.02. The number of nitrogens with one attached hydrogen (secondary N) is 1. The van der Waals surface area contributed by atoms with Crippen molar-refractivity contribution in [1.29, 1.82) is 0 Å². The summed E-state index contributed by atoms with van der Waals surface area (Å²) < 4.78 is 0. The van der Waals surface area contributed by atoms with E-state index in [2.05, 4.69) is 5.32 Å². The van der Waals surface area contributed by atoms with Gasteiger partial charge in [-0.05, 0) is 37.5 Å². The SMILES string of the molecule is Cc1ccc(NC(=O)CN2C(=O)[C@H]3CC=CC[C@@H]3C2=O)cc1Cl. The number of anilines is 1. The zero-order valence-electron chi connectivity index (χ0n) is 12.7. The highest BCUT2D eigenvalue weighted by molar-refractivity contribution is 6.31. The minimum atomic E-state index is -0.404. The number of aryl methyl sites for hydroxylation is 1. The number of hydrogen-bond acceptors (Lipinski definition) is 3. The van der Waals surface area contributed by atoms with Gasteiger partial charge in [-0.15, -0.1) is 0 Å². The van der Waals surface area contributed by atoms with E-state index in [1.54, 1.807) is 18.2 Å². The minimum absolute atomic E-state index is 0.249. The first-order valence-electron chi connectivity index (χ1n) is 7.53. The highest BCUT2D eigenvalue weighted by Crippen LogP contribution is 2.34. The molecular weight excluding hydrogens is 316 g/mol. The summed E-state index contributed by atoms with van der Waals surface area (Å²) in [4.78, 5) is 37.8. The van der Waals surface area contributed by atoms with Crippen LogP contribution in [0.1, 0.15) is 18.4 Å². The molecule has 1 fully saturated rings. The number of imide groups is 1. The molecular formula is C17H17ClN2O3. The third-order valence-electron chi connectivity index (χ3n) is 4.36. The molecule has 1 heterocycles. The summed E-state index contributed by atoms with van der Waals surface area (Å²) in [5, 5.41) is 3.22. The van der Waals surface area contributed by atoms with E-state index in [0.717, 1.165) is 10.5 Å². The summed E-state index contributed by atoms with van der Waals surface area (Å²) in [6, 6.07) is 5.17. The maximum atomic E-state index is 12.3. The van der Waals surface area contributed by atoms with E-state index in [1.807, 2.05) is 19.1 Å². The third-order valence-corrected chi connectivity index (χ3v) is 4.76. The average Bonchev–Trinajstić information content (AvgIpc) is 2.76. The Bertz CT molecular complexity index is 688. The Morgan fingerprint density at radius 2 is 1.83 bits per heavy atom. The van der Waals surface area contributed by atoms with Crippen molar-refractivity contribution in [1.82, 2.24) is 4.90 Å². The number of fused-ring (bicyclic) bond motifs is 1. The number of carbonyl (C=O) groups excluding carboxylic acids is 3. The Labute approximate surface area is 139 Å². The van der Waals surface area contributed by atoms with Crippen molar-refractivity contribution >= 4 is 35.0 Å². The summed E-state index contributed by atoms with van der Waals surface area (Å²) in [5.74, 6) is -1.52. The molecule has 0 radical (unpaired) electrons. The number of benzene rings is 1. The number of likely N-dealkylation sites (tertiary alicyclic amines) is 1. The quantitative estimate of drug-likeness (QED) is 0.683. The molecule has 1 aromatic carbocycles. The Kier molecular flexibility index (Phi) is 4.22. The molecule has 3 rings (SSSR count). The van der Waals surface area contributed by atoms with Crippen LogP contribution in [0.4, 0.5) is 5.69 Å². The number of hydrogen-bond donors (Lipinski definition) is 1. The lowest BCUT2D eigenvalue weighted by molar-refractivity contribution is -0.142. The molecule has 0 saturated carbocycles. The van der Waals surface area contributed by atoms with Crippen LogP contribution in [0.2, 0.25) is 5.02 Å². The minimum Gasteiger partial charge on any atom is -0.324 e. The van der Waals surface area contributed by atoms with Gasteiger partial charge in [0, 0.05) is 10.7 Å². The molecule has 3 amide bonds. The molecule has 1 aliphatic heterocycles. The molecule has 0 bridgehead atoms. The lowest BCUT2D eigenvalue weighted by atomic mass is 9.85. The van der Waals surface area contributed by atoms with Crippen LogP contribution in [0.5, 0.6) is 0 Å². The van der Waals surface area contributed by atoms with E-state index >= 15 is 0 Å². The normalized spacial score (nSPS) is 23.1. The summed E-state index contributed by atoms with van der Waals surface area (Å²) in [6.45, 7) is 1.61. The molecule has 2 atom stereocenters. The van der Waals surface area contributed by atoms with Gasteiger partial charge in [0.25, 0.3) is 0 Å². The Hall–Kier alpha value is -2.14. The van der Waals surface area contributed by atoms with Crippen molar-refractivity contribution in [2.75, 3.05) is 11.9 Å². The van der Waals surface area contributed by atoms with E-state index in [-0.39, 0.29) is 30.2 Å². The first kappa shape index (κ1) is 15.7. The average molecular weight is 333 g/mol. The molecule has 0 spiro atoms. The predicted octanol–water partition coefficient (Wildman–Crippen LogP) is 2.54. The number of amides is 3. The van der Waals surface area contributed by atoms with Gasteiger partial charge in [0.2, 0.25) is 17.7 Å². The van der Waals surface area contributed by atoms with Crippen LogP contribution >= 0.6 is 11.6 Å². The third kappa shape index (κ3) is 3.01. The maximum absolute atomic E-state index is 12.3. The van der Waals surface area contributed by atoms with Gasteiger partial charge >= 0.3 is 0 Å². The zero-order valence-corrected chi connectivity index (χ0v) is 13.5. The largest absolute Gasteiger partial charge is 0.324 e. The van der Waals surface area contributed by atoms with Gasteiger partial charge in [-0.2, -0.15) is 0 Å². The van der Waals surface area contributed by atoms with Crippen LogP contribution in [0.3, 0.4) is 0 Å². The summed E-state index contributed by atoms with van der Waals surface area (Å²) in [5.41, 5.74) is 1.45. The van der Waals surface area contributed by atoms with E-state index < -0.39 is 5.91 Å². The van der Waals surface area contributed by atoms with Crippen molar-refractivity contribution in [2.24, 2.45) is 11.8 Å². The fourth-order valence-corrected chi connectivity index (χ4v) is 3.22. The highest BCUT2D eigenvalue weighted by Gasteiger charge is 2.47. The second-order valence-electron chi connectivity index (χ2n) is 5.93. The van der Waals surface area contributed by atoms with Gasteiger partial charge in [0.15, 0.2) is 0 Å². The first-order valence-corrected chi connectivity index (χ1v) is 7.91. The van der Waals surface area contributed by atoms with Crippen LogP contribution < -0.4 is 5.32 Å². The fraction of sp³-hybridized carbons (Fsp3) is 0.353. The van der Waals surface area contributed by atoms with Gasteiger partial charge in [0.05, 0.1) is 11.8 Å². The molecule has 23 heavy (non-hydrogen) atoms. The van der Waals surface area contributed by atoms with Crippen molar-refractivity contribution in [2.45, 2.75) is 19.8 Å². The first-order chi connectivity index (χ1) is 11.0. The van der Waals surface area contributed by atoms with Gasteiger partial charge in [0.1, 0.15) is 6.54 Å². The number of halogens is 1. The summed E-state index contributed by atoms with van der Waals surface area (Å²) in [7, 11) is 0. The molecule has 1 aliphatic carbocycles. The van der Waals surface area contributed by atoms with E-state index in [1.165, 1.54) is 0 Å². The van der Waals surface area contributed by atoms with Crippen LogP contribution in [0.25, 0.3) is 0 Å². The molecule has 1 N–H and O–H groups in total. The smallest absolute Gasteiger partial charge is 0.244 e. The predicted molar refractivity (Wildman–Crippen MR) is 86.9 cm³/mol. The van der Waals surface area contributed by atoms with E-state index in [0.29, 0.717) is 23.6 Å². The number of nitrogens with zero attached hydrogens (tertiary/aromatic N) is 1. The lowest BCUT2D eigenvalue weighted by Gasteiger charge is -2.14. The van der Waals surface area contributed by atoms with Gasteiger partial charge in [-0.1, -0.05) is 29.8 Å². The number of carbonyl (C=O) groups is 3. The molecule has 120 valence electrons. The molecule has 1 saturated heterocycles. The molecule has 6 heteroatoms. The van der Waals surface area contributed by atoms with Crippen molar-refractivity contribution in [3.05, 3.63) is 40.9 Å². The second-order valence-corrected chi connectivity index (χ2v) is 6.34. The number of allylic oxidation sites excluding steroid dienone is 2. The molecule has 1 aromatic rings. The standard InChI is InChI=1S/C17H17ClN2O3/c1-10-6-7-11(8-14(10)18)19-15(21)9-20-16(22)12-4-2-3-5-13(12)17(20)23/h2-3,6-8,12-13H,4-5,9H2,1H3,(H,19,21)/t12-,13-/m0/s1. The monoisotopic (exact) mass is 332 g/mol. The van der Waals surface area contributed by atoms with Crippen LogP contribution in [0.15, 0.2) is 30.4 Å². The van der Waals surface area contributed by atoms with Crippen LogP contribution in [0, 0.1) is 18.8 Å². The van der Waals surface area contributed by atoms with Gasteiger partial charge in [-0.3, -0.25) is 19.3 Å². The van der Waals surface area contributed by atoms with Crippen LogP contribution in [-0.4, -0.2) is 29.2 Å². The van der Waals surface area contributed by atoms with E-state index in [4.69, 9.17) is 11.6 Å². The Morgan fingerprint density at radius 3 is 2.39 bits per heavy atom. The highest BCUT2D eigenvalue weighted by atomic mass is 35.5. The lowest BCUT2D eigenvalue weighted by Crippen LogP contribution is -2.38. The Balaban J connectivity index is 1.67. The van der Waals surface area contributed by atoms with Gasteiger partial charge in [-0.25, -0.2) is 0 Å². The maximum Gasteiger partial charge on any atom is 0.244 e. The van der Waals surface area contributed by atoms with Crippen LogP contribution in [-0.2, 0) is 14.4 Å². The Morgan fingerprint density at radius 1 is 1.22 bits per heavy atom. The molecule has 2 aliphatic rings. The molecule has 5 nitrogen and oxygen atoms in total. The number of rotatable bonds is 3. The summed E-state index contributed by atoms with van der Waals surface area (Å²) in [6.07, 6.45) is 4.98. The van der Waals surface area contributed by atoms with Crippen molar-refractivity contribution in [3.8, 4) is 0 Å². The van der Waals surface area contributed by atoms with Crippen molar-refractivity contribution < 1.29 is 14.4 Å². The van der Waals surface area contributed by atoms with Crippen molar-refractivity contribution in [3.63, 3.8) is 0 Å².